The Morgan fingerprint density at radius 1 is 0.414 bits per heavy atom. The first-order valence-electron chi connectivity index (χ1n) is 24.8. The Balaban J connectivity index is 1.15. The predicted molar refractivity (Wildman–Crippen MR) is 302 cm³/mol. The van der Waals surface area contributed by atoms with Crippen molar-refractivity contribution in [2.45, 2.75) is 52.4 Å². The third-order valence-electron chi connectivity index (χ3n) is 16.2. The summed E-state index contributed by atoms with van der Waals surface area (Å²) in [7, 11) is 0. The number of hydrogen-bond acceptors (Lipinski definition) is 2. The van der Waals surface area contributed by atoms with Crippen molar-refractivity contribution in [3.8, 4) is 11.4 Å². The number of anilines is 3. The summed E-state index contributed by atoms with van der Waals surface area (Å²) in [5, 5.41) is 11.7. The number of hydrogen-bond donors (Lipinski definition) is 0. The van der Waals surface area contributed by atoms with Crippen LogP contribution in [0.1, 0.15) is 52.7 Å². The first-order chi connectivity index (χ1) is 34.0. The Morgan fingerprint density at radius 2 is 1.06 bits per heavy atom. The lowest BCUT2D eigenvalue weighted by Gasteiger charge is -2.39. The average Bonchev–Trinajstić information content (AvgIpc) is 4.17. The predicted octanol–water partition coefficient (Wildman–Crippen LogP) is 15.5. The van der Waals surface area contributed by atoms with E-state index in [1.807, 2.05) is 11.3 Å². The SMILES string of the molecule is CC(C)(C)c1ccc(N2c3cc4c(c5c3B(c3sc6ccc(C(C)(C)C)cc6c32)c2cccc3c6c(ccc7c8ccccc8n(-c8ccccc8)c76)n-5c23)c2cccc3c5ccccc5n4c32)cc1. The van der Waals surface area contributed by atoms with Crippen LogP contribution in [0.3, 0.4) is 0 Å². The Morgan fingerprint density at radius 3 is 1.83 bits per heavy atom. The van der Waals surface area contributed by atoms with E-state index in [0.717, 1.165) is 0 Å². The molecule has 0 amide bonds. The molecule has 7 heterocycles. The quantitative estimate of drug-likeness (QED) is 0.158. The molecule has 0 saturated heterocycles. The van der Waals surface area contributed by atoms with Gasteiger partial charge in [-0.3, -0.25) is 0 Å². The number of thiophene rings is 1. The Bertz CT molecular complexity index is 4610. The smallest absolute Gasteiger partial charge is 0.264 e. The fourth-order valence-corrected chi connectivity index (χ4v) is 14.4. The van der Waals surface area contributed by atoms with Crippen LogP contribution in [0.4, 0.5) is 17.1 Å². The Kier molecular flexibility index (Phi) is 7.31. The second kappa shape index (κ2) is 13.1. The molecule has 0 fully saturated rings. The van der Waals surface area contributed by atoms with Crippen LogP contribution in [0.15, 0.2) is 176 Å². The summed E-state index contributed by atoms with van der Waals surface area (Å²) in [6.07, 6.45) is 0. The highest BCUT2D eigenvalue weighted by Crippen LogP contribution is 2.52. The van der Waals surface area contributed by atoms with Gasteiger partial charge in [-0.1, -0.05) is 157 Å². The fraction of sp³-hybridized carbons (Fsp3) is 0.125. The summed E-state index contributed by atoms with van der Waals surface area (Å²) in [6, 6.07) is 67.4. The van der Waals surface area contributed by atoms with E-state index < -0.39 is 0 Å². The minimum absolute atomic E-state index is 0.00206. The van der Waals surface area contributed by atoms with Crippen molar-refractivity contribution in [1.82, 2.24) is 13.5 Å². The summed E-state index contributed by atoms with van der Waals surface area (Å²) < 4.78 is 10.6. The second-order valence-electron chi connectivity index (χ2n) is 22.1. The summed E-state index contributed by atoms with van der Waals surface area (Å²) in [4.78, 5) is 2.66. The average molecular weight is 915 g/mol. The number of nitrogens with zero attached hydrogens (tertiary/aromatic N) is 4. The number of fused-ring (bicyclic) bond motifs is 20. The van der Waals surface area contributed by atoms with Gasteiger partial charge in [0.05, 0.1) is 44.5 Å². The van der Waals surface area contributed by atoms with E-state index in [9.17, 15) is 0 Å². The highest BCUT2D eigenvalue weighted by atomic mass is 32.1. The van der Waals surface area contributed by atoms with Crippen LogP contribution in [0.25, 0.3) is 103 Å². The van der Waals surface area contributed by atoms with E-state index >= 15 is 0 Å². The maximum absolute atomic E-state index is 2.71. The van der Waals surface area contributed by atoms with Crippen LogP contribution < -0.4 is 20.6 Å². The van der Waals surface area contributed by atoms with E-state index in [-0.39, 0.29) is 17.5 Å². The van der Waals surface area contributed by atoms with Gasteiger partial charge in [-0.2, -0.15) is 0 Å². The molecule has 2 aliphatic heterocycles. The van der Waals surface area contributed by atoms with E-state index in [1.54, 1.807) is 0 Å². The van der Waals surface area contributed by atoms with Gasteiger partial charge in [-0.15, -0.1) is 11.3 Å². The van der Waals surface area contributed by atoms with Crippen LogP contribution in [0, 0.1) is 0 Å². The minimum Gasteiger partial charge on any atom is -0.310 e. The number of rotatable bonds is 2. The minimum atomic E-state index is -0.0136. The number of benzene rings is 9. The van der Waals surface area contributed by atoms with Crippen molar-refractivity contribution in [2.75, 3.05) is 4.90 Å². The van der Waals surface area contributed by atoms with Crippen molar-refractivity contribution >= 4 is 143 Å². The molecule has 0 spiro atoms. The molecule has 0 aliphatic carbocycles. The lowest BCUT2D eigenvalue weighted by molar-refractivity contribution is 0.590. The van der Waals surface area contributed by atoms with Gasteiger partial charge in [0.15, 0.2) is 0 Å². The van der Waals surface area contributed by atoms with E-state index in [2.05, 4.69) is 236 Å². The topological polar surface area (TPSA) is 17.5 Å². The molecule has 0 unspecified atom stereocenters. The maximum Gasteiger partial charge on any atom is 0.264 e. The van der Waals surface area contributed by atoms with Gasteiger partial charge < -0.3 is 18.4 Å². The molecule has 5 aromatic heterocycles. The molecule has 70 heavy (non-hydrogen) atoms. The molecule has 0 radical (unpaired) electrons. The van der Waals surface area contributed by atoms with Gasteiger partial charge in [0.2, 0.25) is 0 Å². The van der Waals surface area contributed by atoms with Crippen LogP contribution in [-0.4, -0.2) is 20.2 Å². The van der Waals surface area contributed by atoms with Gasteiger partial charge in [0.25, 0.3) is 6.71 Å². The lowest BCUT2D eigenvalue weighted by Crippen LogP contribution is -2.59. The molecule has 332 valence electrons. The lowest BCUT2D eigenvalue weighted by atomic mass is 9.36. The zero-order chi connectivity index (χ0) is 46.7. The molecule has 0 saturated carbocycles. The van der Waals surface area contributed by atoms with Gasteiger partial charge in [-0.05, 0) is 93.5 Å². The van der Waals surface area contributed by atoms with Gasteiger partial charge in [0, 0.05) is 80.5 Å². The van der Waals surface area contributed by atoms with Crippen molar-refractivity contribution < 1.29 is 0 Å². The molecule has 2 aliphatic rings. The zero-order valence-corrected chi connectivity index (χ0v) is 40.8. The highest BCUT2D eigenvalue weighted by Gasteiger charge is 2.46. The number of aromatic nitrogens is 3. The molecule has 16 rings (SSSR count). The van der Waals surface area contributed by atoms with Gasteiger partial charge in [0.1, 0.15) is 0 Å². The van der Waals surface area contributed by atoms with Gasteiger partial charge in [-0.25, -0.2) is 0 Å². The fourth-order valence-electron chi connectivity index (χ4n) is 13.1. The molecule has 4 nitrogen and oxygen atoms in total. The monoisotopic (exact) mass is 914 g/mol. The van der Waals surface area contributed by atoms with Crippen molar-refractivity contribution in [2.24, 2.45) is 0 Å². The molecule has 6 heteroatoms. The third-order valence-corrected chi connectivity index (χ3v) is 17.5. The standard InChI is InChI=1S/C64H47BN4S/c1-63(2,3)36-26-29-39(30-27-36)67-52-35-51-55(44-21-14-20-42-40-18-11-13-25-49(40)68(51)57(42)44)61-56(52)65(62-60(67)46-34-37(64(4,5)6)28-33-53(46)70-62)47-23-15-22-45-54-50(69(61)58(45)47)32-31-43-41-19-10-12-24-48(41)66(59(43)54)38-16-8-7-9-17-38/h7-35H,1-6H3. The third kappa shape index (κ3) is 4.78. The summed E-state index contributed by atoms with van der Waals surface area (Å²) in [5.74, 6) is 0. The van der Waals surface area contributed by atoms with E-state index in [1.165, 1.54) is 147 Å². The van der Waals surface area contributed by atoms with E-state index in [0.29, 0.717) is 0 Å². The zero-order valence-electron chi connectivity index (χ0n) is 40.0. The van der Waals surface area contributed by atoms with Crippen molar-refractivity contribution in [1.29, 1.82) is 0 Å². The van der Waals surface area contributed by atoms with Crippen LogP contribution in [0.2, 0.25) is 0 Å². The highest BCUT2D eigenvalue weighted by molar-refractivity contribution is 7.33. The van der Waals surface area contributed by atoms with Gasteiger partial charge >= 0.3 is 0 Å². The van der Waals surface area contributed by atoms with Crippen molar-refractivity contribution in [3.05, 3.63) is 187 Å². The second-order valence-corrected chi connectivity index (χ2v) is 23.2. The normalized spacial score (nSPS) is 13.8. The summed E-state index contributed by atoms with van der Waals surface area (Å²) in [6.45, 7) is 14.0. The Labute approximate surface area is 409 Å². The summed E-state index contributed by atoms with van der Waals surface area (Å²) in [5.41, 5.74) is 20.4. The molecule has 14 aromatic rings. The molecule has 0 atom stereocenters. The van der Waals surface area contributed by atoms with Crippen LogP contribution >= 0.6 is 11.3 Å². The van der Waals surface area contributed by atoms with Crippen LogP contribution in [0.5, 0.6) is 0 Å². The Hall–Kier alpha value is -7.80. The number of para-hydroxylation sites is 5. The first-order valence-corrected chi connectivity index (χ1v) is 25.6. The molecule has 0 N–H and O–H groups in total. The largest absolute Gasteiger partial charge is 0.310 e. The van der Waals surface area contributed by atoms with E-state index in [4.69, 9.17) is 0 Å². The molecular weight excluding hydrogens is 868 g/mol. The van der Waals surface area contributed by atoms with Crippen LogP contribution in [-0.2, 0) is 10.8 Å². The summed E-state index contributed by atoms with van der Waals surface area (Å²) >= 11 is 1.99. The molecule has 9 aromatic carbocycles. The molecule has 0 bridgehead atoms. The maximum atomic E-state index is 2.71. The van der Waals surface area contributed by atoms with Crippen molar-refractivity contribution in [3.63, 3.8) is 0 Å². The molecular formula is C64H47BN4S. The first kappa shape index (κ1) is 39.1.